The Morgan fingerprint density at radius 3 is 0.600 bits per heavy atom. The zero-order chi connectivity index (χ0) is 0. The van der Waals surface area contributed by atoms with E-state index in [2.05, 4.69) is 0 Å². The molecule has 0 spiro atoms. The van der Waals surface area contributed by atoms with Gasteiger partial charge in [-0.15, -0.1) is 37.2 Å². The largest absolute Gasteiger partial charge is 0.412 e. The summed E-state index contributed by atoms with van der Waals surface area (Å²) in [5.74, 6) is 0. The van der Waals surface area contributed by atoms with Gasteiger partial charge >= 0.3 is 0 Å². The van der Waals surface area contributed by atoms with E-state index in [0.29, 0.717) is 0 Å². The van der Waals surface area contributed by atoms with Gasteiger partial charge in [-0.2, -0.15) is 0 Å². The minimum Gasteiger partial charge on any atom is -0.412 e. The van der Waals surface area contributed by atoms with Gasteiger partial charge in [-0.3, -0.25) is 0 Å². The zero-order valence-electron chi connectivity index (χ0n) is 2.30. The van der Waals surface area contributed by atoms with Gasteiger partial charge in [0.2, 0.25) is 0 Å². The number of hydrogen-bond acceptors (Lipinski definition) is 0. The van der Waals surface area contributed by atoms with Crippen LogP contribution in [0.2, 0.25) is 0 Å². The van der Waals surface area contributed by atoms with Crippen LogP contribution >= 0.6 is 37.2 Å². The fourth-order valence-electron chi connectivity index (χ4n) is 0. The van der Waals surface area contributed by atoms with Crippen molar-refractivity contribution in [2.45, 2.75) is 0 Å². The van der Waals surface area contributed by atoms with E-state index in [-0.39, 0.29) is 78.3 Å². The zero-order valence-corrected chi connectivity index (χ0v) is 8.38. The summed E-state index contributed by atoms with van der Waals surface area (Å²) in [6.45, 7) is 0. The maximum Gasteiger partial charge on any atom is 0 e. The molecule has 0 rings (SSSR count). The van der Waals surface area contributed by atoms with Crippen LogP contribution in [0.3, 0.4) is 0 Å². The van der Waals surface area contributed by atoms with Gasteiger partial charge in [-0.25, -0.2) is 0 Å². The van der Waals surface area contributed by atoms with Gasteiger partial charge < -0.3 is 5.48 Å². The molecule has 0 fully saturated rings. The van der Waals surface area contributed by atoms with Crippen LogP contribution in [0.15, 0.2) is 0 Å². The normalized spacial score (nSPS) is 0. The van der Waals surface area contributed by atoms with Crippen molar-refractivity contribution >= 4 is 37.2 Å². The Kier molecular flexibility index (Phi) is 462. The average molecular weight is 266 g/mol. The molecule has 1 radical (unpaired) electrons. The van der Waals surface area contributed by atoms with Gasteiger partial charge in [0.05, 0.1) is 0 Å². The molecule has 0 saturated heterocycles. The first kappa shape index (κ1) is 62.2. The van der Waals surface area contributed by atoms with Crippen molar-refractivity contribution in [3.05, 3.63) is 0 Å². The summed E-state index contributed by atoms with van der Waals surface area (Å²) in [7, 11) is 0. The van der Waals surface area contributed by atoms with Crippen LogP contribution < -0.4 is 0 Å². The molecule has 5 heavy (non-hydrogen) atoms. The first-order valence-electron chi connectivity index (χ1n) is 0. The maximum absolute atomic E-state index is 0. The second-order valence-corrected chi connectivity index (χ2v) is 0. The topological polar surface area (TPSA) is 31.5 Å². The smallest absolute Gasteiger partial charge is 0 e. The van der Waals surface area contributed by atoms with Crippen LogP contribution in [0.5, 0.6) is 0 Å². The molecule has 0 heterocycles. The van der Waals surface area contributed by atoms with Crippen LogP contribution in [-0.4, -0.2) is 5.48 Å². The van der Waals surface area contributed by atoms with Crippen molar-refractivity contribution in [3.63, 3.8) is 0 Å². The van der Waals surface area contributed by atoms with Crippen molar-refractivity contribution in [3.8, 4) is 0 Å². The predicted octanol–water partition coefficient (Wildman–Crippen LogP) is 0.441. The summed E-state index contributed by atoms with van der Waals surface area (Å²) in [4.78, 5) is 0. The Bertz CT molecular complexity index is 6.85. The Morgan fingerprint density at radius 1 is 0.600 bits per heavy atom. The minimum atomic E-state index is 0. The van der Waals surface area contributed by atoms with Gasteiger partial charge in [-0.05, 0) is 0 Å². The third kappa shape index (κ3) is 23.8. The first-order chi connectivity index (χ1) is 0. The van der Waals surface area contributed by atoms with Gasteiger partial charge in [0.25, 0.3) is 0 Å². The van der Waals surface area contributed by atoms with E-state index in [1.165, 1.54) is 0 Å². The monoisotopic (exact) mass is 265 g/mol. The Morgan fingerprint density at radius 2 is 0.600 bits per heavy atom. The van der Waals surface area contributed by atoms with Crippen molar-refractivity contribution in [2.24, 2.45) is 0 Å². The van der Waals surface area contributed by atoms with Crippen molar-refractivity contribution in [1.82, 2.24) is 0 Å². The summed E-state index contributed by atoms with van der Waals surface area (Å²) in [5, 5.41) is 0. The fraction of sp³-hybridized carbons (Fsp3) is 0. The number of hydrogen-bond donors (Lipinski definition) is 0. The van der Waals surface area contributed by atoms with Crippen molar-refractivity contribution in [2.75, 3.05) is 0 Å². The molecule has 0 bridgehead atoms. The minimum absolute atomic E-state index is 0. The van der Waals surface area contributed by atoms with E-state index in [1.807, 2.05) is 0 Å². The molecule has 0 aliphatic heterocycles. The molecular weight excluding hydrogens is 261 g/mol. The van der Waals surface area contributed by atoms with Crippen LogP contribution in [0.4, 0.5) is 0 Å². The second kappa shape index (κ2) is 37.1. The van der Waals surface area contributed by atoms with Crippen LogP contribution in [-0.2, 0) is 0 Å². The van der Waals surface area contributed by atoms with E-state index in [4.69, 9.17) is 0 Å². The maximum atomic E-state index is 0. The molecule has 35 valence electrons. The standard InChI is InChI=1S/3ClH.La.H2O/h3*1H;;1H2. The molecule has 0 amide bonds. The van der Waals surface area contributed by atoms with E-state index >= 15 is 0 Å². The van der Waals surface area contributed by atoms with Crippen molar-refractivity contribution in [1.29, 1.82) is 0 Å². The molecule has 0 aliphatic carbocycles. The quantitative estimate of drug-likeness (QED) is 0.609. The first-order valence-corrected chi connectivity index (χ1v) is 0. The second-order valence-electron chi connectivity index (χ2n) is 0. The Hall–Kier alpha value is 2.02. The molecule has 5 heteroatoms. The fourth-order valence-corrected chi connectivity index (χ4v) is 0. The molecule has 0 aromatic heterocycles. The molecule has 0 saturated carbocycles. The van der Waals surface area contributed by atoms with Gasteiger partial charge in [0.1, 0.15) is 0 Å². The summed E-state index contributed by atoms with van der Waals surface area (Å²) in [5.41, 5.74) is 0. The third-order valence-corrected chi connectivity index (χ3v) is 0. The van der Waals surface area contributed by atoms with E-state index in [9.17, 15) is 0 Å². The molecule has 0 aromatic carbocycles. The molecule has 0 atom stereocenters. The van der Waals surface area contributed by atoms with Crippen LogP contribution in [0.25, 0.3) is 0 Å². The van der Waals surface area contributed by atoms with E-state index in [0.717, 1.165) is 0 Å². The Balaban J connectivity index is 0. The Labute approximate surface area is 77.4 Å². The SMILES string of the molecule is Cl.Cl.Cl.O.[La]. The molecule has 0 aromatic rings. The summed E-state index contributed by atoms with van der Waals surface area (Å²) >= 11 is 0. The summed E-state index contributed by atoms with van der Waals surface area (Å²) < 4.78 is 0. The van der Waals surface area contributed by atoms with E-state index in [1.54, 1.807) is 0 Å². The third-order valence-electron chi connectivity index (χ3n) is 0. The number of halogens is 3. The molecule has 1 nitrogen and oxygen atoms in total. The molecule has 0 unspecified atom stereocenters. The van der Waals surface area contributed by atoms with Crippen LogP contribution in [0, 0.1) is 35.6 Å². The predicted molar refractivity (Wildman–Crippen MR) is 25.4 cm³/mol. The van der Waals surface area contributed by atoms with Gasteiger partial charge in [0, 0.05) is 35.6 Å². The van der Waals surface area contributed by atoms with Gasteiger partial charge in [0.15, 0.2) is 0 Å². The van der Waals surface area contributed by atoms with Crippen molar-refractivity contribution < 1.29 is 41.1 Å². The molecule has 2 N–H and O–H groups in total. The summed E-state index contributed by atoms with van der Waals surface area (Å²) in [6.07, 6.45) is 0. The molecular formula is H5Cl3LaO. The number of rotatable bonds is 0. The van der Waals surface area contributed by atoms with Crippen LogP contribution in [0.1, 0.15) is 0 Å². The molecule has 0 aliphatic rings. The van der Waals surface area contributed by atoms with E-state index < -0.39 is 0 Å². The summed E-state index contributed by atoms with van der Waals surface area (Å²) in [6, 6.07) is 0. The van der Waals surface area contributed by atoms with Gasteiger partial charge in [-0.1, -0.05) is 0 Å². The average Bonchev–Trinajstić information content (AvgIpc) is 0.